The summed E-state index contributed by atoms with van der Waals surface area (Å²) in [7, 11) is 0. The summed E-state index contributed by atoms with van der Waals surface area (Å²) < 4.78 is 11.3. The topological polar surface area (TPSA) is 30.5 Å². The monoisotopic (exact) mass is 309 g/mol. The number of rotatable bonds is 7. The molecule has 0 spiro atoms. The van der Waals surface area contributed by atoms with Crippen LogP contribution in [0, 0.1) is 5.92 Å². The molecule has 1 aromatic carbocycles. The second-order valence-corrected chi connectivity index (χ2v) is 6.91. The van der Waals surface area contributed by atoms with Crippen molar-refractivity contribution in [1.82, 2.24) is 5.32 Å². The van der Waals surface area contributed by atoms with Crippen LogP contribution in [-0.4, -0.2) is 25.5 Å². The molecule has 2 rings (SSSR count). The SMILES string of the molecule is CSc1cc2c(cc1CNC(C)CCC(C)C)OCCO2. The Balaban J connectivity index is 1.98. The van der Waals surface area contributed by atoms with Crippen LogP contribution in [0.1, 0.15) is 39.2 Å². The molecule has 1 N–H and O–H groups in total. The minimum atomic E-state index is 0.537. The Kier molecular flexibility index (Phi) is 6.24. The molecular weight excluding hydrogens is 282 g/mol. The van der Waals surface area contributed by atoms with Crippen LogP contribution in [0.4, 0.5) is 0 Å². The molecule has 0 aliphatic carbocycles. The molecule has 1 atom stereocenters. The summed E-state index contributed by atoms with van der Waals surface area (Å²) in [5.74, 6) is 2.53. The van der Waals surface area contributed by atoms with Crippen molar-refractivity contribution < 1.29 is 9.47 Å². The molecule has 0 bridgehead atoms. The molecule has 0 saturated heterocycles. The molecule has 1 aliphatic rings. The largest absolute Gasteiger partial charge is 0.486 e. The average Bonchev–Trinajstić information content (AvgIpc) is 2.49. The third kappa shape index (κ3) is 4.82. The Hall–Kier alpha value is -0.870. The van der Waals surface area contributed by atoms with Gasteiger partial charge < -0.3 is 14.8 Å². The lowest BCUT2D eigenvalue weighted by molar-refractivity contribution is 0.171. The van der Waals surface area contributed by atoms with Crippen LogP contribution in [0.15, 0.2) is 17.0 Å². The van der Waals surface area contributed by atoms with Crippen molar-refractivity contribution >= 4 is 11.8 Å². The van der Waals surface area contributed by atoms with Gasteiger partial charge in [-0.25, -0.2) is 0 Å². The molecule has 0 fully saturated rings. The van der Waals surface area contributed by atoms with E-state index >= 15 is 0 Å². The number of fused-ring (bicyclic) bond motifs is 1. The van der Waals surface area contributed by atoms with Crippen LogP contribution in [0.5, 0.6) is 11.5 Å². The van der Waals surface area contributed by atoms with E-state index in [0.29, 0.717) is 19.3 Å². The Morgan fingerprint density at radius 1 is 1.10 bits per heavy atom. The lowest BCUT2D eigenvalue weighted by atomic mass is 10.0. The van der Waals surface area contributed by atoms with Gasteiger partial charge in [-0.05, 0) is 49.6 Å². The van der Waals surface area contributed by atoms with Gasteiger partial charge in [0.2, 0.25) is 0 Å². The molecule has 4 heteroatoms. The van der Waals surface area contributed by atoms with E-state index in [0.717, 1.165) is 24.0 Å². The van der Waals surface area contributed by atoms with Crippen LogP contribution in [0.2, 0.25) is 0 Å². The number of nitrogens with one attached hydrogen (secondary N) is 1. The van der Waals surface area contributed by atoms with Crippen LogP contribution in [-0.2, 0) is 6.54 Å². The lowest BCUT2D eigenvalue weighted by Gasteiger charge is -2.22. The maximum atomic E-state index is 5.69. The molecule has 21 heavy (non-hydrogen) atoms. The van der Waals surface area contributed by atoms with Gasteiger partial charge in [-0.15, -0.1) is 11.8 Å². The van der Waals surface area contributed by atoms with Crippen LogP contribution in [0.25, 0.3) is 0 Å². The zero-order chi connectivity index (χ0) is 15.2. The fraction of sp³-hybridized carbons (Fsp3) is 0.647. The first kappa shape index (κ1) is 16.5. The zero-order valence-corrected chi connectivity index (χ0v) is 14.4. The Labute approximate surface area is 132 Å². The Morgan fingerprint density at radius 2 is 1.76 bits per heavy atom. The minimum Gasteiger partial charge on any atom is -0.486 e. The normalized spacial score (nSPS) is 15.3. The molecule has 1 unspecified atom stereocenters. The first-order valence-electron chi connectivity index (χ1n) is 7.80. The van der Waals surface area contributed by atoms with Gasteiger partial charge in [-0.1, -0.05) is 13.8 Å². The number of hydrogen-bond acceptors (Lipinski definition) is 4. The molecule has 0 saturated carbocycles. The summed E-state index contributed by atoms with van der Waals surface area (Å²) in [6, 6.07) is 4.77. The molecule has 0 radical (unpaired) electrons. The summed E-state index contributed by atoms with van der Waals surface area (Å²) in [6.45, 7) is 8.98. The third-order valence-electron chi connectivity index (χ3n) is 3.76. The summed E-state index contributed by atoms with van der Waals surface area (Å²) >= 11 is 1.76. The summed E-state index contributed by atoms with van der Waals surface area (Å²) in [5.41, 5.74) is 1.29. The average molecular weight is 309 g/mol. The third-order valence-corrected chi connectivity index (χ3v) is 4.58. The summed E-state index contributed by atoms with van der Waals surface area (Å²) in [5, 5.41) is 3.63. The predicted octanol–water partition coefficient (Wildman–Crippen LogP) is 4.09. The Bertz CT molecular complexity index is 462. The van der Waals surface area contributed by atoms with Gasteiger partial charge in [0.15, 0.2) is 11.5 Å². The molecule has 3 nitrogen and oxygen atoms in total. The van der Waals surface area contributed by atoms with E-state index in [4.69, 9.17) is 9.47 Å². The lowest BCUT2D eigenvalue weighted by Crippen LogP contribution is -2.26. The molecule has 118 valence electrons. The van der Waals surface area contributed by atoms with Crippen molar-refractivity contribution in [2.45, 2.75) is 51.1 Å². The van der Waals surface area contributed by atoms with Crippen molar-refractivity contribution in [2.24, 2.45) is 5.92 Å². The van der Waals surface area contributed by atoms with Crippen molar-refractivity contribution in [1.29, 1.82) is 0 Å². The Morgan fingerprint density at radius 3 is 2.38 bits per heavy atom. The number of thioether (sulfide) groups is 1. The highest BCUT2D eigenvalue weighted by Crippen LogP contribution is 2.36. The van der Waals surface area contributed by atoms with Gasteiger partial charge in [0, 0.05) is 17.5 Å². The summed E-state index contributed by atoms with van der Waals surface area (Å²) in [4.78, 5) is 1.27. The highest BCUT2D eigenvalue weighted by atomic mass is 32.2. The molecule has 1 aromatic rings. The van der Waals surface area contributed by atoms with Gasteiger partial charge in [0.25, 0.3) is 0 Å². The van der Waals surface area contributed by atoms with Crippen LogP contribution < -0.4 is 14.8 Å². The summed E-state index contributed by atoms with van der Waals surface area (Å²) in [6.07, 6.45) is 4.60. The maximum absolute atomic E-state index is 5.69. The zero-order valence-electron chi connectivity index (χ0n) is 13.6. The van der Waals surface area contributed by atoms with Gasteiger partial charge in [0.1, 0.15) is 13.2 Å². The fourth-order valence-corrected chi connectivity index (χ4v) is 3.03. The van der Waals surface area contributed by atoms with E-state index in [1.807, 2.05) is 0 Å². The van der Waals surface area contributed by atoms with Crippen LogP contribution >= 0.6 is 11.8 Å². The van der Waals surface area contributed by atoms with E-state index in [1.165, 1.54) is 23.3 Å². The first-order valence-corrected chi connectivity index (χ1v) is 9.02. The predicted molar refractivity (Wildman–Crippen MR) is 89.6 cm³/mol. The van der Waals surface area contributed by atoms with E-state index in [1.54, 1.807) is 11.8 Å². The highest BCUT2D eigenvalue weighted by Gasteiger charge is 2.16. The van der Waals surface area contributed by atoms with Gasteiger partial charge in [0.05, 0.1) is 0 Å². The second-order valence-electron chi connectivity index (χ2n) is 6.06. The fourth-order valence-electron chi connectivity index (χ4n) is 2.41. The number of hydrogen-bond donors (Lipinski definition) is 1. The first-order chi connectivity index (χ1) is 10.1. The van der Waals surface area contributed by atoms with E-state index in [9.17, 15) is 0 Å². The standard InChI is InChI=1S/C17H27NO2S/c1-12(2)5-6-13(3)18-11-14-9-15-16(10-17(14)21-4)20-8-7-19-15/h9-10,12-13,18H,5-8,11H2,1-4H3. The second kappa shape index (κ2) is 7.95. The molecular formula is C17H27NO2S. The minimum absolute atomic E-state index is 0.537. The van der Waals surface area contributed by atoms with Crippen LogP contribution in [0.3, 0.4) is 0 Å². The highest BCUT2D eigenvalue weighted by molar-refractivity contribution is 7.98. The maximum Gasteiger partial charge on any atom is 0.162 e. The smallest absolute Gasteiger partial charge is 0.162 e. The number of benzene rings is 1. The molecule has 0 aromatic heterocycles. The number of ether oxygens (including phenoxy) is 2. The van der Waals surface area contributed by atoms with Crippen molar-refractivity contribution in [2.75, 3.05) is 19.5 Å². The van der Waals surface area contributed by atoms with Crippen molar-refractivity contribution in [3.63, 3.8) is 0 Å². The van der Waals surface area contributed by atoms with Crippen molar-refractivity contribution in [3.8, 4) is 11.5 Å². The molecule has 1 heterocycles. The van der Waals surface area contributed by atoms with E-state index in [2.05, 4.69) is 44.5 Å². The van der Waals surface area contributed by atoms with E-state index < -0.39 is 0 Å². The van der Waals surface area contributed by atoms with Crippen molar-refractivity contribution in [3.05, 3.63) is 17.7 Å². The molecule has 0 amide bonds. The quantitative estimate of drug-likeness (QED) is 0.768. The van der Waals surface area contributed by atoms with Gasteiger partial charge >= 0.3 is 0 Å². The molecule has 1 aliphatic heterocycles. The van der Waals surface area contributed by atoms with Gasteiger partial charge in [-0.3, -0.25) is 0 Å². The van der Waals surface area contributed by atoms with Gasteiger partial charge in [-0.2, -0.15) is 0 Å². The van der Waals surface area contributed by atoms with E-state index in [-0.39, 0.29) is 0 Å².